The number of nitro groups is 1. The highest BCUT2D eigenvalue weighted by molar-refractivity contribution is 7.99. The van der Waals surface area contributed by atoms with Gasteiger partial charge in [-0.2, -0.15) is 17.9 Å². The summed E-state index contributed by atoms with van der Waals surface area (Å²) in [5, 5.41) is 22.6. The van der Waals surface area contributed by atoms with E-state index in [-0.39, 0.29) is 10.1 Å². The van der Waals surface area contributed by atoms with E-state index in [0.717, 1.165) is 29.5 Å². The predicted molar refractivity (Wildman–Crippen MR) is 86.1 cm³/mol. The number of nitrogens with zero attached hydrogens (tertiary/aromatic N) is 5. The molecule has 0 unspecified atom stereocenters. The molecule has 0 N–H and O–H groups in total. The summed E-state index contributed by atoms with van der Waals surface area (Å²) in [6.07, 6.45) is -4.67. The van der Waals surface area contributed by atoms with Crippen LogP contribution in [0.2, 0.25) is 0 Å². The third-order valence-electron chi connectivity index (χ3n) is 3.47. The zero-order valence-electron chi connectivity index (χ0n) is 13.1. The quantitative estimate of drug-likeness (QED) is 0.501. The second-order valence-corrected chi connectivity index (χ2v) is 6.21. The van der Waals surface area contributed by atoms with Crippen LogP contribution in [-0.4, -0.2) is 25.1 Å². The molecule has 3 rings (SSSR count). The summed E-state index contributed by atoms with van der Waals surface area (Å²) in [7, 11) is 0. The molecule has 0 radical (unpaired) electrons. The van der Waals surface area contributed by atoms with Crippen LogP contribution in [0.3, 0.4) is 0 Å². The lowest BCUT2D eigenvalue weighted by atomic mass is 10.2. The molecule has 0 atom stereocenters. The summed E-state index contributed by atoms with van der Waals surface area (Å²) in [5.41, 5.74) is -0.227. The third kappa shape index (κ3) is 3.52. The summed E-state index contributed by atoms with van der Waals surface area (Å²) in [6, 6.07) is 9.54. The minimum atomic E-state index is -4.67. The minimum Gasteiger partial charge on any atom is -0.258 e. The smallest absolute Gasteiger partial charge is 0.258 e. The first-order chi connectivity index (χ1) is 12.3. The number of halogens is 3. The molecule has 0 amide bonds. The van der Waals surface area contributed by atoms with E-state index in [2.05, 4.69) is 15.5 Å². The van der Waals surface area contributed by atoms with E-state index >= 15 is 0 Å². The lowest BCUT2D eigenvalue weighted by molar-refractivity contribution is -0.388. The Morgan fingerprint density at radius 1 is 1.19 bits per heavy atom. The second kappa shape index (κ2) is 6.75. The van der Waals surface area contributed by atoms with Crippen molar-refractivity contribution in [3.63, 3.8) is 0 Å². The van der Waals surface area contributed by atoms with Gasteiger partial charge in [0.25, 0.3) is 5.69 Å². The van der Waals surface area contributed by atoms with Crippen LogP contribution in [0, 0.1) is 17.0 Å². The number of para-hydroxylation sites is 1. The molecule has 134 valence electrons. The van der Waals surface area contributed by atoms with Gasteiger partial charge in [-0.1, -0.05) is 18.2 Å². The van der Waals surface area contributed by atoms with E-state index in [1.54, 1.807) is 12.1 Å². The van der Waals surface area contributed by atoms with Gasteiger partial charge in [-0.15, -0.1) is 5.10 Å². The fourth-order valence-corrected chi connectivity index (χ4v) is 3.09. The van der Waals surface area contributed by atoms with Crippen LogP contribution in [0.5, 0.6) is 0 Å². The first-order valence-electron chi connectivity index (χ1n) is 7.15. The normalized spacial score (nSPS) is 11.5. The summed E-state index contributed by atoms with van der Waals surface area (Å²) < 4.78 is 39.8. The van der Waals surface area contributed by atoms with Crippen LogP contribution in [0.15, 0.2) is 52.5 Å². The summed E-state index contributed by atoms with van der Waals surface area (Å²) in [5.74, 6) is 0. The Bertz CT molecular complexity index is 974. The molecule has 3 aromatic rings. The van der Waals surface area contributed by atoms with Crippen molar-refractivity contribution in [3.8, 4) is 5.69 Å². The average molecular weight is 381 g/mol. The van der Waals surface area contributed by atoms with Gasteiger partial charge < -0.3 is 0 Å². The maximum absolute atomic E-state index is 12.8. The van der Waals surface area contributed by atoms with Gasteiger partial charge >= 0.3 is 6.18 Å². The Morgan fingerprint density at radius 2 is 1.92 bits per heavy atom. The van der Waals surface area contributed by atoms with Gasteiger partial charge in [-0.05, 0) is 52.9 Å². The Hall–Kier alpha value is -2.95. The van der Waals surface area contributed by atoms with Crippen molar-refractivity contribution in [3.05, 3.63) is 63.7 Å². The molecule has 26 heavy (non-hydrogen) atoms. The summed E-state index contributed by atoms with van der Waals surface area (Å²) in [4.78, 5) is 10.4. The standard InChI is InChI=1S/C15H10F3N5O2S/c1-9-4-2-3-5-11(9)22-14(19-20-21-22)26-13-7-6-10(15(16,17)18)8-12(13)23(24)25/h2-8H,1H3. The van der Waals surface area contributed by atoms with Gasteiger partial charge in [0.05, 0.1) is 21.1 Å². The third-order valence-corrected chi connectivity index (χ3v) is 4.47. The molecule has 0 spiro atoms. The molecular weight excluding hydrogens is 371 g/mol. The van der Waals surface area contributed by atoms with E-state index in [1.807, 2.05) is 19.1 Å². The van der Waals surface area contributed by atoms with Crippen LogP contribution in [0.25, 0.3) is 5.69 Å². The van der Waals surface area contributed by atoms with Crippen molar-refractivity contribution < 1.29 is 18.1 Å². The van der Waals surface area contributed by atoms with Crippen molar-refractivity contribution in [2.45, 2.75) is 23.2 Å². The Balaban J connectivity index is 2.02. The predicted octanol–water partition coefficient (Wildman–Crippen LogP) is 4.05. The minimum absolute atomic E-state index is 0.00707. The van der Waals surface area contributed by atoms with E-state index in [0.29, 0.717) is 11.8 Å². The topological polar surface area (TPSA) is 86.7 Å². The number of alkyl halides is 3. The number of rotatable bonds is 4. The Morgan fingerprint density at radius 3 is 2.58 bits per heavy atom. The molecule has 2 aromatic carbocycles. The molecule has 0 aliphatic carbocycles. The van der Waals surface area contributed by atoms with Gasteiger partial charge in [0.2, 0.25) is 5.16 Å². The van der Waals surface area contributed by atoms with Crippen LogP contribution in [0.1, 0.15) is 11.1 Å². The highest BCUT2D eigenvalue weighted by Gasteiger charge is 2.33. The van der Waals surface area contributed by atoms with Crippen LogP contribution >= 0.6 is 11.8 Å². The highest BCUT2D eigenvalue weighted by Crippen LogP contribution is 2.39. The molecule has 0 saturated heterocycles. The second-order valence-electron chi connectivity index (χ2n) is 5.20. The van der Waals surface area contributed by atoms with Crippen LogP contribution < -0.4 is 0 Å². The lowest BCUT2D eigenvalue weighted by Crippen LogP contribution is -2.06. The molecule has 11 heteroatoms. The van der Waals surface area contributed by atoms with Gasteiger partial charge in [0.1, 0.15) is 0 Å². The van der Waals surface area contributed by atoms with Crippen molar-refractivity contribution in [1.82, 2.24) is 20.2 Å². The van der Waals surface area contributed by atoms with Crippen LogP contribution in [0.4, 0.5) is 18.9 Å². The van der Waals surface area contributed by atoms with Crippen molar-refractivity contribution in [1.29, 1.82) is 0 Å². The van der Waals surface area contributed by atoms with Crippen LogP contribution in [-0.2, 0) is 6.18 Å². The maximum atomic E-state index is 12.8. The largest absolute Gasteiger partial charge is 0.416 e. The molecular formula is C15H10F3N5O2S. The number of nitro benzene ring substituents is 1. The molecule has 0 saturated carbocycles. The molecule has 0 bridgehead atoms. The van der Waals surface area contributed by atoms with E-state index in [1.165, 1.54) is 4.68 Å². The molecule has 7 nitrogen and oxygen atoms in total. The fraction of sp³-hybridized carbons (Fsp3) is 0.133. The number of benzene rings is 2. The number of aromatic nitrogens is 4. The molecule has 1 heterocycles. The molecule has 0 aliphatic heterocycles. The number of aryl methyl sites for hydroxylation is 1. The Labute approximate surface area is 149 Å². The molecule has 1 aromatic heterocycles. The first-order valence-corrected chi connectivity index (χ1v) is 7.97. The number of hydrogen-bond acceptors (Lipinski definition) is 6. The maximum Gasteiger partial charge on any atom is 0.416 e. The molecule has 0 aliphatic rings. The highest BCUT2D eigenvalue weighted by atomic mass is 32.2. The SMILES string of the molecule is Cc1ccccc1-n1nnnc1Sc1ccc(C(F)(F)F)cc1[N+](=O)[O-]. The average Bonchev–Trinajstić information content (AvgIpc) is 3.02. The van der Waals surface area contributed by atoms with Crippen molar-refractivity contribution >= 4 is 17.4 Å². The van der Waals surface area contributed by atoms with Crippen molar-refractivity contribution in [2.24, 2.45) is 0 Å². The first kappa shape index (κ1) is 17.9. The van der Waals surface area contributed by atoms with Gasteiger partial charge in [-0.3, -0.25) is 10.1 Å². The van der Waals surface area contributed by atoms with Gasteiger partial charge in [0.15, 0.2) is 0 Å². The van der Waals surface area contributed by atoms with Gasteiger partial charge in [-0.25, -0.2) is 0 Å². The monoisotopic (exact) mass is 381 g/mol. The van der Waals surface area contributed by atoms with E-state index in [4.69, 9.17) is 0 Å². The van der Waals surface area contributed by atoms with E-state index < -0.39 is 22.4 Å². The zero-order valence-corrected chi connectivity index (χ0v) is 14.0. The number of tetrazole rings is 1. The van der Waals surface area contributed by atoms with Gasteiger partial charge in [0, 0.05) is 6.07 Å². The van der Waals surface area contributed by atoms with E-state index in [9.17, 15) is 23.3 Å². The summed E-state index contributed by atoms with van der Waals surface area (Å²) in [6.45, 7) is 1.84. The number of hydrogen-bond donors (Lipinski definition) is 0. The summed E-state index contributed by atoms with van der Waals surface area (Å²) >= 11 is 0.817. The zero-order chi connectivity index (χ0) is 18.9. The molecule has 0 fully saturated rings. The van der Waals surface area contributed by atoms with Crippen molar-refractivity contribution in [2.75, 3.05) is 0 Å². The lowest BCUT2D eigenvalue weighted by Gasteiger charge is -2.09. The Kier molecular flexibility index (Phi) is 4.64. The fourth-order valence-electron chi connectivity index (χ4n) is 2.22.